The van der Waals surface area contributed by atoms with Gasteiger partial charge < -0.3 is 16.3 Å². The van der Waals surface area contributed by atoms with Crippen molar-refractivity contribution in [3.63, 3.8) is 0 Å². The maximum Gasteiger partial charge on any atom is 1.00 e. The second kappa shape index (κ2) is 7.30. The van der Waals surface area contributed by atoms with Gasteiger partial charge in [-0.25, -0.2) is 4.79 Å². The first-order chi connectivity index (χ1) is 9.49. The van der Waals surface area contributed by atoms with Crippen molar-refractivity contribution >= 4 is 17.8 Å². The Morgan fingerprint density at radius 2 is 1.38 bits per heavy atom. The fraction of sp³-hybridized carbons (Fsp3) is 0.357. The molecule has 0 saturated carbocycles. The fourth-order valence-corrected chi connectivity index (χ4v) is 2.16. The van der Waals surface area contributed by atoms with Crippen LogP contribution >= 0.6 is 0 Å². The van der Waals surface area contributed by atoms with E-state index in [1.54, 1.807) is 9.80 Å². The Kier molecular flexibility index (Phi) is 6.00. The summed E-state index contributed by atoms with van der Waals surface area (Å²) in [6, 6.07) is 5.87. The van der Waals surface area contributed by atoms with Gasteiger partial charge in [0.15, 0.2) is 0 Å². The zero-order chi connectivity index (χ0) is 14.7. The van der Waals surface area contributed by atoms with E-state index in [0.29, 0.717) is 31.7 Å². The van der Waals surface area contributed by atoms with Crippen LogP contribution in [0.5, 0.6) is 0 Å². The molecular formula is C14H17LiN2O4. The van der Waals surface area contributed by atoms with Crippen LogP contribution in [0.3, 0.4) is 0 Å². The monoisotopic (exact) mass is 284 g/mol. The molecule has 2 rings (SSSR count). The van der Waals surface area contributed by atoms with Crippen LogP contribution in [0.1, 0.15) is 29.1 Å². The Morgan fingerprint density at radius 1 is 0.952 bits per heavy atom. The van der Waals surface area contributed by atoms with E-state index in [2.05, 4.69) is 0 Å². The zero-order valence-corrected chi connectivity index (χ0v) is 12.2. The van der Waals surface area contributed by atoms with Crippen molar-refractivity contribution in [1.29, 1.82) is 0 Å². The second-order valence-electron chi connectivity index (χ2n) is 4.68. The number of amides is 2. The third-order valence-electron chi connectivity index (χ3n) is 3.39. The van der Waals surface area contributed by atoms with Crippen molar-refractivity contribution < 1.29 is 39.8 Å². The third-order valence-corrected chi connectivity index (χ3v) is 3.39. The van der Waals surface area contributed by atoms with E-state index in [1.165, 1.54) is 31.2 Å². The van der Waals surface area contributed by atoms with Gasteiger partial charge in [0.05, 0.1) is 5.56 Å². The van der Waals surface area contributed by atoms with Gasteiger partial charge in [0.2, 0.25) is 5.91 Å². The van der Waals surface area contributed by atoms with Crippen molar-refractivity contribution in [1.82, 2.24) is 9.80 Å². The van der Waals surface area contributed by atoms with Gasteiger partial charge in [-0.1, -0.05) is 0 Å². The number of hydrogen-bond donors (Lipinski definition) is 1. The van der Waals surface area contributed by atoms with Gasteiger partial charge in [-0.15, -0.1) is 0 Å². The molecule has 1 aliphatic rings. The number of carbonyl (C=O) groups excluding carboxylic acids is 2. The Morgan fingerprint density at radius 3 is 1.81 bits per heavy atom. The first-order valence-electron chi connectivity index (χ1n) is 6.37. The molecule has 1 N–H and O–H groups in total. The maximum absolute atomic E-state index is 12.2. The normalized spacial score (nSPS) is 14.3. The van der Waals surface area contributed by atoms with Gasteiger partial charge in [-0.2, -0.15) is 0 Å². The molecule has 1 aliphatic heterocycles. The van der Waals surface area contributed by atoms with Crippen molar-refractivity contribution in [3.8, 4) is 0 Å². The molecule has 0 aliphatic carbocycles. The zero-order valence-electron chi connectivity index (χ0n) is 13.2. The molecule has 1 heterocycles. The van der Waals surface area contributed by atoms with Crippen LogP contribution in [-0.4, -0.2) is 58.9 Å². The van der Waals surface area contributed by atoms with Gasteiger partial charge in [-0.05, 0) is 24.3 Å². The minimum Gasteiger partial charge on any atom is -1.00 e. The Labute approximate surface area is 136 Å². The topological polar surface area (TPSA) is 77.9 Å². The minimum atomic E-state index is -1.01. The molecule has 2 amide bonds. The van der Waals surface area contributed by atoms with Crippen LogP contribution in [0, 0.1) is 0 Å². The van der Waals surface area contributed by atoms with Gasteiger partial charge in [0.25, 0.3) is 5.91 Å². The van der Waals surface area contributed by atoms with Crippen molar-refractivity contribution in [2.24, 2.45) is 0 Å². The van der Waals surface area contributed by atoms with Gasteiger partial charge in [-0.3, -0.25) is 9.59 Å². The number of carboxylic acid groups (broad SMARTS) is 1. The number of benzene rings is 1. The van der Waals surface area contributed by atoms with E-state index < -0.39 is 5.97 Å². The van der Waals surface area contributed by atoms with E-state index in [4.69, 9.17) is 5.11 Å². The molecule has 1 aromatic carbocycles. The number of rotatable bonds is 2. The van der Waals surface area contributed by atoms with Crippen molar-refractivity contribution in [2.45, 2.75) is 6.92 Å². The maximum atomic E-state index is 12.2. The Bertz CT molecular complexity index is 542. The molecule has 0 radical (unpaired) electrons. The predicted octanol–water partition coefficient (Wildman–Crippen LogP) is -2.19. The summed E-state index contributed by atoms with van der Waals surface area (Å²) in [5.74, 6) is -1.13. The molecule has 108 valence electrons. The minimum absolute atomic E-state index is 0. The summed E-state index contributed by atoms with van der Waals surface area (Å²) in [6.07, 6.45) is 0. The average molecular weight is 284 g/mol. The second-order valence-corrected chi connectivity index (χ2v) is 4.68. The summed E-state index contributed by atoms with van der Waals surface area (Å²) in [5.41, 5.74) is 0.620. The quantitative estimate of drug-likeness (QED) is 0.626. The van der Waals surface area contributed by atoms with Crippen LogP contribution in [0.2, 0.25) is 0 Å². The SMILES string of the molecule is CC(=O)N1CCN(C(=O)c2ccc(C(=O)O)cc2)CC1.[H-].[Li+]. The number of hydrogen-bond acceptors (Lipinski definition) is 3. The number of carbonyl (C=O) groups is 3. The molecule has 0 bridgehead atoms. The molecule has 0 spiro atoms. The summed E-state index contributed by atoms with van der Waals surface area (Å²) in [6.45, 7) is 3.59. The summed E-state index contributed by atoms with van der Waals surface area (Å²) in [4.78, 5) is 37.6. The van der Waals surface area contributed by atoms with E-state index in [1.807, 2.05) is 0 Å². The molecule has 0 aromatic heterocycles. The molecule has 7 heteroatoms. The Balaban J connectivity index is 0.00000220. The first-order valence-corrected chi connectivity index (χ1v) is 6.37. The Hall–Kier alpha value is -1.77. The van der Waals surface area contributed by atoms with Crippen LogP contribution < -0.4 is 18.9 Å². The van der Waals surface area contributed by atoms with Crippen LogP contribution in [0.15, 0.2) is 24.3 Å². The summed E-state index contributed by atoms with van der Waals surface area (Å²) in [7, 11) is 0. The summed E-state index contributed by atoms with van der Waals surface area (Å²) in [5, 5.41) is 8.81. The smallest absolute Gasteiger partial charge is 1.00 e. The molecule has 1 fully saturated rings. The third kappa shape index (κ3) is 4.10. The summed E-state index contributed by atoms with van der Waals surface area (Å²) < 4.78 is 0. The van der Waals surface area contributed by atoms with Crippen LogP contribution in [0.4, 0.5) is 0 Å². The summed E-state index contributed by atoms with van der Waals surface area (Å²) >= 11 is 0. The molecule has 1 aromatic rings. The number of nitrogens with zero attached hydrogens (tertiary/aromatic N) is 2. The largest absolute Gasteiger partial charge is 1.00 e. The van der Waals surface area contributed by atoms with Gasteiger partial charge >= 0.3 is 24.8 Å². The number of carboxylic acids is 1. The number of aromatic carboxylic acids is 1. The molecule has 6 nitrogen and oxygen atoms in total. The van der Waals surface area contributed by atoms with Crippen LogP contribution in [0.25, 0.3) is 0 Å². The van der Waals surface area contributed by atoms with Crippen molar-refractivity contribution in [2.75, 3.05) is 26.2 Å². The van der Waals surface area contributed by atoms with Gasteiger partial charge in [0, 0.05) is 38.7 Å². The standard InChI is InChI=1S/C14H16N2O4.Li.H/c1-10(17)15-6-8-16(9-7-15)13(18)11-2-4-12(5-3-11)14(19)20;;/h2-5H,6-9H2,1H3,(H,19,20);;/q;+1;-1. The van der Waals surface area contributed by atoms with E-state index >= 15 is 0 Å². The van der Waals surface area contributed by atoms with Gasteiger partial charge in [0.1, 0.15) is 0 Å². The predicted molar refractivity (Wildman–Crippen MR) is 72.7 cm³/mol. The fourth-order valence-electron chi connectivity index (χ4n) is 2.16. The van der Waals surface area contributed by atoms with Crippen molar-refractivity contribution in [3.05, 3.63) is 35.4 Å². The molecular weight excluding hydrogens is 267 g/mol. The average Bonchev–Trinajstić information content (AvgIpc) is 2.46. The molecule has 0 atom stereocenters. The van der Waals surface area contributed by atoms with E-state index in [-0.39, 0.29) is 37.7 Å². The molecule has 21 heavy (non-hydrogen) atoms. The van der Waals surface area contributed by atoms with Crippen LogP contribution in [-0.2, 0) is 4.79 Å². The molecule has 0 unspecified atom stereocenters. The van der Waals surface area contributed by atoms with E-state index in [0.717, 1.165) is 0 Å². The van der Waals surface area contributed by atoms with E-state index in [9.17, 15) is 14.4 Å². The molecule has 1 saturated heterocycles. The number of piperazine rings is 1. The first kappa shape index (κ1) is 17.3.